The zero-order valence-electron chi connectivity index (χ0n) is 17.1. The van der Waals surface area contributed by atoms with Crippen LogP contribution in [0.25, 0.3) is 22.4 Å². The van der Waals surface area contributed by atoms with Gasteiger partial charge in [-0.25, -0.2) is 0 Å². The van der Waals surface area contributed by atoms with Gasteiger partial charge in [0, 0.05) is 30.1 Å². The summed E-state index contributed by atoms with van der Waals surface area (Å²) in [5.74, 6) is 0.797. The first kappa shape index (κ1) is 19.6. The maximum atomic E-state index is 13.0. The van der Waals surface area contributed by atoms with Crippen molar-refractivity contribution in [2.45, 2.75) is 26.3 Å². The van der Waals surface area contributed by atoms with Crippen LogP contribution in [0.3, 0.4) is 0 Å². The lowest BCUT2D eigenvalue weighted by Crippen LogP contribution is -2.34. The first-order chi connectivity index (χ1) is 14.5. The van der Waals surface area contributed by atoms with Crippen molar-refractivity contribution >= 4 is 22.5 Å². The third-order valence-corrected chi connectivity index (χ3v) is 5.02. The van der Waals surface area contributed by atoms with Crippen molar-refractivity contribution in [2.75, 3.05) is 11.9 Å². The molecule has 4 rings (SSSR count). The monoisotopic (exact) mass is 402 g/mol. The molecule has 0 fully saturated rings. The lowest BCUT2D eigenvalue weighted by atomic mass is 10.1. The van der Waals surface area contributed by atoms with E-state index in [0.29, 0.717) is 22.8 Å². The van der Waals surface area contributed by atoms with E-state index in [9.17, 15) is 9.59 Å². The normalized spacial score (nSPS) is 11.2. The molecule has 30 heavy (non-hydrogen) atoms. The van der Waals surface area contributed by atoms with Crippen LogP contribution < -0.4 is 10.5 Å². The highest BCUT2D eigenvalue weighted by Gasteiger charge is 2.19. The number of anilines is 1. The number of aromatic nitrogens is 3. The molecule has 7 heteroatoms. The van der Waals surface area contributed by atoms with Crippen LogP contribution in [0.5, 0.6) is 0 Å². The van der Waals surface area contributed by atoms with Gasteiger partial charge in [-0.05, 0) is 18.2 Å². The number of hydrogen-bond acceptors (Lipinski definition) is 5. The van der Waals surface area contributed by atoms with Gasteiger partial charge in [-0.2, -0.15) is 4.98 Å². The summed E-state index contributed by atoms with van der Waals surface area (Å²) in [4.78, 5) is 31.8. The molecule has 2 heterocycles. The summed E-state index contributed by atoms with van der Waals surface area (Å²) >= 11 is 0. The van der Waals surface area contributed by atoms with Gasteiger partial charge in [-0.1, -0.05) is 55.4 Å². The number of benzene rings is 2. The van der Waals surface area contributed by atoms with Crippen molar-refractivity contribution in [3.63, 3.8) is 0 Å². The number of carbonyl (C=O) groups excluding carboxylic acids is 1. The molecular weight excluding hydrogens is 380 g/mol. The fourth-order valence-electron chi connectivity index (χ4n) is 3.29. The Bertz CT molecular complexity index is 1260. The van der Waals surface area contributed by atoms with E-state index in [0.717, 1.165) is 11.1 Å². The molecule has 0 aliphatic rings. The van der Waals surface area contributed by atoms with Gasteiger partial charge < -0.3 is 9.42 Å². The summed E-state index contributed by atoms with van der Waals surface area (Å²) in [5.41, 5.74) is 1.67. The second kappa shape index (κ2) is 7.94. The van der Waals surface area contributed by atoms with Gasteiger partial charge in [0.25, 0.3) is 11.4 Å². The molecule has 0 aliphatic carbocycles. The predicted molar refractivity (Wildman–Crippen MR) is 115 cm³/mol. The van der Waals surface area contributed by atoms with Crippen LogP contribution in [0.15, 0.2) is 70.0 Å². The predicted octanol–water partition coefficient (Wildman–Crippen LogP) is 3.84. The van der Waals surface area contributed by atoms with Crippen molar-refractivity contribution in [3.05, 3.63) is 76.8 Å². The SMILES string of the molecule is CC(C)c1noc(-c2cc(=O)n(CC(=O)N(C)c3ccccc3)c3ccccc23)n1. The van der Waals surface area contributed by atoms with Gasteiger partial charge >= 0.3 is 0 Å². The maximum absolute atomic E-state index is 13.0. The third kappa shape index (κ3) is 3.61. The average Bonchev–Trinajstić information content (AvgIpc) is 3.26. The zero-order chi connectivity index (χ0) is 21.3. The number of rotatable bonds is 5. The van der Waals surface area contributed by atoms with Gasteiger partial charge in [-0.15, -0.1) is 0 Å². The summed E-state index contributed by atoms with van der Waals surface area (Å²) in [6, 6.07) is 18.2. The quantitative estimate of drug-likeness (QED) is 0.507. The Morgan fingerprint density at radius 3 is 2.50 bits per heavy atom. The Hall–Kier alpha value is -3.74. The topological polar surface area (TPSA) is 81.2 Å². The van der Waals surface area contributed by atoms with Gasteiger partial charge in [-0.3, -0.25) is 14.2 Å². The Balaban J connectivity index is 1.76. The molecule has 2 aromatic heterocycles. The number of para-hydroxylation sites is 2. The Kier molecular flexibility index (Phi) is 5.18. The van der Waals surface area contributed by atoms with E-state index < -0.39 is 0 Å². The lowest BCUT2D eigenvalue weighted by molar-refractivity contribution is -0.118. The number of amides is 1. The van der Waals surface area contributed by atoms with Crippen LogP contribution in [0.2, 0.25) is 0 Å². The Morgan fingerprint density at radius 2 is 1.80 bits per heavy atom. The minimum atomic E-state index is -0.303. The average molecular weight is 402 g/mol. The highest BCUT2D eigenvalue weighted by molar-refractivity contribution is 5.96. The second-order valence-electron chi connectivity index (χ2n) is 7.40. The largest absolute Gasteiger partial charge is 0.334 e. The van der Waals surface area contributed by atoms with E-state index in [1.54, 1.807) is 11.9 Å². The molecule has 0 bridgehead atoms. The lowest BCUT2D eigenvalue weighted by Gasteiger charge is -2.19. The molecule has 1 amide bonds. The van der Waals surface area contributed by atoms with Gasteiger partial charge in [0.05, 0.1) is 11.1 Å². The van der Waals surface area contributed by atoms with Crippen molar-refractivity contribution in [1.82, 2.24) is 14.7 Å². The summed E-state index contributed by atoms with van der Waals surface area (Å²) in [7, 11) is 1.70. The molecule has 0 aliphatic heterocycles. The summed E-state index contributed by atoms with van der Waals surface area (Å²) in [6.45, 7) is 3.87. The molecule has 0 atom stereocenters. The van der Waals surface area contributed by atoms with Crippen molar-refractivity contribution in [3.8, 4) is 11.5 Å². The molecular formula is C23H22N4O3. The number of hydrogen-bond donors (Lipinski definition) is 0. The highest BCUT2D eigenvalue weighted by Crippen LogP contribution is 2.27. The van der Waals surface area contributed by atoms with Crippen LogP contribution in [0.1, 0.15) is 25.6 Å². The smallest absolute Gasteiger partial charge is 0.258 e. The Morgan fingerprint density at radius 1 is 1.10 bits per heavy atom. The van der Waals surface area contributed by atoms with Crippen LogP contribution in [-0.2, 0) is 11.3 Å². The van der Waals surface area contributed by atoms with E-state index in [4.69, 9.17) is 4.52 Å². The Labute approximate surface area is 173 Å². The molecule has 0 saturated heterocycles. The van der Waals surface area contributed by atoms with Crippen LogP contribution in [0.4, 0.5) is 5.69 Å². The summed E-state index contributed by atoms with van der Waals surface area (Å²) < 4.78 is 6.88. The van der Waals surface area contributed by atoms with E-state index >= 15 is 0 Å². The molecule has 2 aromatic carbocycles. The van der Waals surface area contributed by atoms with E-state index in [2.05, 4.69) is 10.1 Å². The minimum absolute atomic E-state index is 0.0773. The standard InChI is InChI=1S/C23H22N4O3/c1-15(2)22-24-23(30-25-22)18-13-20(28)27(19-12-8-7-11-17(18)19)14-21(29)26(3)16-9-5-4-6-10-16/h4-13,15H,14H2,1-3H3. The number of nitrogens with zero attached hydrogens (tertiary/aromatic N) is 4. The van der Waals surface area contributed by atoms with E-state index in [-0.39, 0.29) is 23.9 Å². The van der Waals surface area contributed by atoms with Crippen molar-refractivity contribution in [2.24, 2.45) is 0 Å². The number of likely N-dealkylation sites (N-methyl/N-ethyl adjacent to an activating group) is 1. The van der Waals surface area contributed by atoms with Crippen LogP contribution in [-0.4, -0.2) is 27.7 Å². The zero-order valence-corrected chi connectivity index (χ0v) is 17.1. The molecule has 0 radical (unpaired) electrons. The van der Waals surface area contributed by atoms with Crippen LogP contribution in [0, 0.1) is 0 Å². The molecule has 0 saturated carbocycles. The first-order valence-corrected chi connectivity index (χ1v) is 9.74. The molecule has 0 N–H and O–H groups in total. The molecule has 0 spiro atoms. The number of pyridine rings is 1. The second-order valence-corrected chi connectivity index (χ2v) is 7.40. The maximum Gasteiger partial charge on any atom is 0.258 e. The summed E-state index contributed by atoms with van der Waals surface area (Å²) in [5, 5.41) is 4.77. The summed E-state index contributed by atoms with van der Waals surface area (Å²) in [6.07, 6.45) is 0. The molecule has 152 valence electrons. The van der Waals surface area contributed by atoms with Crippen molar-refractivity contribution in [1.29, 1.82) is 0 Å². The molecule has 7 nitrogen and oxygen atoms in total. The van der Waals surface area contributed by atoms with Gasteiger partial charge in [0.2, 0.25) is 5.91 Å². The molecule has 0 unspecified atom stereocenters. The minimum Gasteiger partial charge on any atom is -0.334 e. The fraction of sp³-hybridized carbons (Fsp3) is 0.217. The first-order valence-electron chi connectivity index (χ1n) is 9.74. The fourth-order valence-corrected chi connectivity index (χ4v) is 3.29. The van der Waals surface area contributed by atoms with Crippen molar-refractivity contribution < 1.29 is 9.32 Å². The van der Waals surface area contributed by atoms with E-state index in [1.165, 1.54) is 10.6 Å². The van der Waals surface area contributed by atoms with Gasteiger partial charge in [0.15, 0.2) is 5.82 Å². The van der Waals surface area contributed by atoms with Gasteiger partial charge in [0.1, 0.15) is 6.54 Å². The highest BCUT2D eigenvalue weighted by atomic mass is 16.5. The molecule has 4 aromatic rings. The number of carbonyl (C=O) groups is 1. The van der Waals surface area contributed by atoms with E-state index in [1.807, 2.05) is 68.4 Å². The third-order valence-electron chi connectivity index (χ3n) is 5.02. The number of fused-ring (bicyclic) bond motifs is 1. The van der Waals surface area contributed by atoms with Crippen LogP contribution >= 0.6 is 0 Å².